The van der Waals surface area contributed by atoms with Crippen LogP contribution in [0.4, 0.5) is 14.9 Å². The number of barbiturate groups is 1. The third-order valence-electron chi connectivity index (χ3n) is 5.52. The molecular formula is C22H22FN3O4. The Morgan fingerprint density at radius 2 is 2.00 bits per heavy atom. The van der Waals surface area contributed by atoms with Crippen molar-refractivity contribution in [2.24, 2.45) is 0 Å². The molecule has 4 rings (SSSR count). The molecule has 0 spiro atoms. The number of hydrogen-bond acceptors (Lipinski definition) is 4. The highest BCUT2D eigenvalue weighted by molar-refractivity contribution is 6.39. The fourth-order valence-electron chi connectivity index (χ4n) is 3.91. The Kier molecular flexibility index (Phi) is 5.26. The molecule has 1 atom stereocenters. The van der Waals surface area contributed by atoms with Gasteiger partial charge in [0.1, 0.15) is 11.4 Å². The Balaban J connectivity index is 1.69. The van der Waals surface area contributed by atoms with Crippen molar-refractivity contribution in [2.75, 3.05) is 11.5 Å². The number of carbonyl (C=O) groups is 3. The number of hydrogen-bond donors (Lipinski definition) is 1. The molecule has 0 unspecified atom stereocenters. The van der Waals surface area contributed by atoms with Crippen LogP contribution >= 0.6 is 0 Å². The first-order chi connectivity index (χ1) is 14.4. The number of benzene rings is 1. The Hall–Kier alpha value is -3.26. The van der Waals surface area contributed by atoms with Gasteiger partial charge in [0.2, 0.25) is 0 Å². The number of anilines is 1. The SMILES string of the molecule is Cc1cc(/C=C2\C(=O)NC(=O)N(c3ccccc3F)C2=O)c(C)n1C[C@H]1CCCO1. The molecule has 0 saturated carbocycles. The summed E-state index contributed by atoms with van der Waals surface area (Å²) in [5.74, 6) is -2.40. The number of carbonyl (C=O) groups excluding carboxylic acids is 3. The van der Waals surface area contributed by atoms with Crippen LogP contribution in [0.3, 0.4) is 0 Å². The van der Waals surface area contributed by atoms with Gasteiger partial charge in [0.15, 0.2) is 0 Å². The number of halogens is 1. The van der Waals surface area contributed by atoms with E-state index in [0.29, 0.717) is 17.0 Å². The minimum Gasteiger partial charge on any atom is -0.376 e. The summed E-state index contributed by atoms with van der Waals surface area (Å²) in [4.78, 5) is 38.3. The van der Waals surface area contributed by atoms with Gasteiger partial charge >= 0.3 is 6.03 Å². The first kappa shape index (κ1) is 20.0. The molecule has 1 aromatic heterocycles. The summed E-state index contributed by atoms with van der Waals surface area (Å²) in [5.41, 5.74) is 2.11. The van der Waals surface area contributed by atoms with Crippen LogP contribution in [0.25, 0.3) is 6.08 Å². The number of nitrogens with zero attached hydrogens (tertiary/aromatic N) is 2. The maximum atomic E-state index is 14.2. The Bertz CT molecular complexity index is 1070. The second-order valence-corrected chi connectivity index (χ2v) is 7.48. The lowest BCUT2D eigenvalue weighted by atomic mass is 10.1. The fourth-order valence-corrected chi connectivity index (χ4v) is 3.91. The molecule has 2 aromatic rings. The van der Waals surface area contributed by atoms with Crippen molar-refractivity contribution < 1.29 is 23.5 Å². The van der Waals surface area contributed by atoms with Gasteiger partial charge in [-0.15, -0.1) is 0 Å². The van der Waals surface area contributed by atoms with Crippen molar-refractivity contribution in [2.45, 2.75) is 39.3 Å². The second kappa shape index (κ2) is 7.87. The largest absolute Gasteiger partial charge is 0.376 e. The molecule has 0 radical (unpaired) electrons. The number of urea groups is 1. The summed E-state index contributed by atoms with van der Waals surface area (Å²) in [6, 6.07) is 6.33. The molecule has 2 saturated heterocycles. The minimum absolute atomic E-state index is 0.143. The van der Waals surface area contributed by atoms with Gasteiger partial charge in [-0.05, 0) is 56.5 Å². The predicted octanol–water partition coefficient (Wildman–Crippen LogP) is 3.09. The van der Waals surface area contributed by atoms with E-state index in [-0.39, 0.29) is 17.4 Å². The van der Waals surface area contributed by atoms with Crippen molar-refractivity contribution in [3.05, 3.63) is 58.7 Å². The van der Waals surface area contributed by atoms with E-state index < -0.39 is 23.7 Å². The van der Waals surface area contributed by atoms with Crippen molar-refractivity contribution >= 4 is 29.6 Å². The van der Waals surface area contributed by atoms with Gasteiger partial charge in [-0.1, -0.05) is 12.1 Å². The lowest BCUT2D eigenvalue weighted by Crippen LogP contribution is -2.54. The van der Waals surface area contributed by atoms with Crippen LogP contribution in [0, 0.1) is 19.7 Å². The van der Waals surface area contributed by atoms with Crippen LogP contribution in [0.5, 0.6) is 0 Å². The third kappa shape index (κ3) is 3.54. The number of amides is 4. The van der Waals surface area contributed by atoms with E-state index in [1.54, 1.807) is 0 Å². The molecule has 30 heavy (non-hydrogen) atoms. The summed E-state index contributed by atoms with van der Waals surface area (Å²) in [6.07, 6.45) is 3.62. The Labute approximate surface area is 173 Å². The average Bonchev–Trinajstić information content (AvgIpc) is 3.30. The average molecular weight is 411 g/mol. The van der Waals surface area contributed by atoms with Crippen molar-refractivity contribution in [3.8, 4) is 0 Å². The summed E-state index contributed by atoms with van der Waals surface area (Å²) < 4.78 is 22.0. The molecule has 0 bridgehead atoms. The van der Waals surface area contributed by atoms with Crippen molar-refractivity contribution in [1.29, 1.82) is 0 Å². The molecule has 2 fully saturated rings. The van der Waals surface area contributed by atoms with Crippen LogP contribution in [-0.2, 0) is 20.9 Å². The summed E-state index contributed by atoms with van der Waals surface area (Å²) in [7, 11) is 0. The van der Waals surface area contributed by atoms with Crippen LogP contribution < -0.4 is 10.2 Å². The van der Waals surface area contributed by atoms with Gasteiger partial charge in [-0.25, -0.2) is 14.1 Å². The minimum atomic E-state index is -0.976. The first-order valence-corrected chi connectivity index (χ1v) is 9.81. The number of nitrogens with one attached hydrogen (secondary N) is 1. The van der Waals surface area contributed by atoms with Gasteiger partial charge in [-0.2, -0.15) is 0 Å². The number of ether oxygens (including phenoxy) is 1. The molecule has 1 aromatic carbocycles. The molecule has 2 aliphatic heterocycles. The predicted molar refractivity (Wildman–Crippen MR) is 108 cm³/mol. The normalized spacial score (nSPS) is 20.9. The van der Waals surface area contributed by atoms with Crippen molar-refractivity contribution in [3.63, 3.8) is 0 Å². The molecule has 0 aliphatic carbocycles. The molecule has 4 amide bonds. The van der Waals surface area contributed by atoms with Gasteiger partial charge in [-0.3, -0.25) is 14.9 Å². The second-order valence-electron chi connectivity index (χ2n) is 7.48. The third-order valence-corrected chi connectivity index (χ3v) is 5.52. The van der Waals surface area contributed by atoms with Crippen LogP contribution in [0.1, 0.15) is 29.8 Å². The fraction of sp³-hybridized carbons (Fsp3) is 0.318. The van der Waals surface area contributed by atoms with Gasteiger partial charge in [0, 0.05) is 24.5 Å². The van der Waals surface area contributed by atoms with E-state index in [1.165, 1.54) is 24.3 Å². The number of aryl methyl sites for hydroxylation is 1. The van der Waals surface area contributed by atoms with Crippen LogP contribution in [0.15, 0.2) is 35.9 Å². The van der Waals surface area contributed by atoms with Gasteiger partial charge in [0.05, 0.1) is 11.8 Å². The molecular weight excluding hydrogens is 389 g/mol. The highest BCUT2D eigenvalue weighted by Gasteiger charge is 2.38. The molecule has 3 heterocycles. The molecule has 8 heteroatoms. The molecule has 7 nitrogen and oxygen atoms in total. The van der Waals surface area contributed by atoms with E-state index in [9.17, 15) is 18.8 Å². The lowest BCUT2D eigenvalue weighted by Gasteiger charge is -2.26. The Morgan fingerprint density at radius 3 is 2.70 bits per heavy atom. The first-order valence-electron chi connectivity index (χ1n) is 9.81. The van der Waals surface area contributed by atoms with Gasteiger partial charge in [0.25, 0.3) is 11.8 Å². The smallest absolute Gasteiger partial charge is 0.336 e. The highest BCUT2D eigenvalue weighted by atomic mass is 19.1. The van der Waals surface area contributed by atoms with E-state index in [2.05, 4.69) is 9.88 Å². The summed E-state index contributed by atoms with van der Waals surface area (Å²) in [5, 5.41) is 2.12. The lowest BCUT2D eigenvalue weighted by molar-refractivity contribution is -0.122. The Morgan fingerprint density at radius 1 is 1.23 bits per heavy atom. The zero-order valence-electron chi connectivity index (χ0n) is 16.8. The van der Waals surface area contributed by atoms with Crippen LogP contribution in [0.2, 0.25) is 0 Å². The number of aromatic nitrogens is 1. The van der Waals surface area contributed by atoms with Crippen LogP contribution in [-0.4, -0.2) is 35.1 Å². The highest BCUT2D eigenvalue weighted by Crippen LogP contribution is 2.26. The monoisotopic (exact) mass is 411 g/mol. The van der Waals surface area contributed by atoms with Gasteiger partial charge < -0.3 is 9.30 Å². The van der Waals surface area contributed by atoms with E-state index in [1.807, 2.05) is 19.9 Å². The zero-order chi connectivity index (χ0) is 21.4. The quantitative estimate of drug-likeness (QED) is 0.619. The molecule has 2 aliphatic rings. The summed E-state index contributed by atoms with van der Waals surface area (Å²) in [6.45, 7) is 5.30. The van der Waals surface area contributed by atoms with Crippen molar-refractivity contribution in [1.82, 2.24) is 9.88 Å². The maximum Gasteiger partial charge on any atom is 0.336 e. The molecule has 156 valence electrons. The molecule has 1 N–H and O–H groups in total. The van der Waals surface area contributed by atoms with E-state index >= 15 is 0 Å². The number of rotatable bonds is 4. The van der Waals surface area contributed by atoms with E-state index in [0.717, 1.165) is 36.9 Å². The standard InChI is InChI=1S/C22H22FN3O4/c1-13-10-15(14(2)25(13)12-16-6-5-9-30-16)11-17-20(27)24-22(29)26(21(17)28)19-8-4-3-7-18(19)23/h3-4,7-8,10-11,16H,5-6,9,12H2,1-2H3,(H,24,27,29)/b17-11+/t16-/m1/s1. The zero-order valence-corrected chi connectivity index (χ0v) is 16.8. The number of para-hydroxylation sites is 1. The summed E-state index contributed by atoms with van der Waals surface area (Å²) >= 11 is 0. The van der Waals surface area contributed by atoms with E-state index in [4.69, 9.17) is 4.74 Å². The maximum absolute atomic E-state index is 14.2. The topological polar surface area (TPSA) is 80.6 Å². The number of imide groups is 2.